The number of halogens is 1. The molecule has 0 bridgehead atoms. The summed E-state index contributed by atoms with van der Waals surface area (Å²) in [6.45, 7) is 4.25. The molecule has 2 heterocycles. The van der Waals surface area contributed by atoms with Gasteiger partial charge in [-0.3, -0.25) is 4.72 Å². The Hall–Kier alpha value is -2.78. The van der Waals surface area contributed by atoms with Crippen LogP contribution in [0.3, 0.4) is 0 Å². The fourth-order valence-electron chi connectivity index (χ4n) is 3.12. The molecule has 1 N–H and O–H groups in total. The van der Waals surface area contributed by atoms with Gasteiger partial charge in [0.05, 0.1) is 4.90 Å². The van der Waals surface area contributed by atoms with Crippen LogP contribution in [-0.4, -0.2) is 28.2 Å². The van der Waals surface area contributed by atoms with E-state index in [1.165, 1.54) is 4.52 Å². The number of rotatable bonds is 6. The van der Waals surface area contributed by atoms with E-state index in [1.54, 1.807) is 24.3 Å². The number of benzene rings is 2. The van der Waals surface area contributed by atoms with Gasteiger partial charge < -0.3 is 0 Å². The van der Waals surface area contributed by atoms with Crippen molar-refractivity contribution in [3.63, 3.8) is 0 Å². The summed E-state index contributed by atoms with van der Waals surface area (Å²) >= 11 is 3.44. The monoisotopic (exact) mass is 485 g/mol. The number of nitrogens with one attached hydrogen (secondary N) is 1. The van der Waals surface area contributed by atoms with Gasteiger partial charge in [0.25, 0.3) is 10.0 Å². The molecule has 4 aromatic rings. The molecular weight excluding hydrogens is 466 g/mol. The van der Waals surface area contributed by atoms with Crippen molar-refractivity contribution in [1.82, 2.24) is 19.8 Å². The number of hydrogen-bond donors (Lipinski definition) is 1. The Morgan fingerprint density at radius 2 is 1.80 bits per heavy atom. The average Bonchev–Trinajstić information content (AvgIpc) is 3.11. The van der Waals surface area contributed by atoms with Crippen LogP contribution >= 0.6 is 15.9 Å². The normalized spacial score (nSPS) is 11.9. The maximum Gasteiger partial charge on any atom is 0.263 e. The van der Waals surface area contributed by atoms with Gasteiger partial charge in [-0.2, -0.15) is 4.52 Å². The van der Waals surface area contributed by atoms with E-state index < -0.39 is 10.0 Å². The summed E-state index contributed by atoms with van der Waals surface area (Å²) in [5, 5.41) is 12.7. The van der Waals surface area contributed by atoms with E-state index in [9.17, 15) is 8.42 Å². The first-order chi connectivity index (χ1) is 14.3. The zero-order valence-electron chi connectivity index (χ0n) is 16.4. The Kier molecular flexibility index (Phi) is 5.57. The first-order valence-electron chi connectivity index (χ1n) is 9.42. The van der Waals surface area contributed by atoms with Gasteiger partial charge in [-0.15, -0.1) is 15.3 Å². The molecule has 154 valence electrons. The molecule has 2 aromatic heterocycles. The number of fused-ring (bicyclic) bond motifs is 1. The largest absolute Gasteiger partial charge is 0.263 e. The molecule has 0 atom stereocenters. The molecule has 4 rings (SSSR count). The molecule has 2 aromatic carbocycles. The molecule has 30 heavy (non-hydrogen) atoms. The van der Waals surface area contributed by atoms with Crippen LogP contribution in [0.2, 0.25) is 0 Å². The van der Waals surface area contributed by atoms with Gasteiger partial charge in [-0.1, -0.05) is 54.0 Å². The summed E-state index contributed by atoms with van der Waals surface area (Å²) < 4.78 is 30.6. The SMILES string of the molecule is CC(C)Cc1ccc(S(=O)(=O)Nc2ccc3nnc(-c4cccc(Br)c4)n3n2)cc1. The van der Waals surface area contributed by atoms with Gasteiger partial charge in [-0.05, 0) is 54.3 Å². The molecule has 0 aliphatic rings. The van der Waals surface area contributed by atoms with Crippen LogP contribution in [0.4, 0.5) is 5.82 Å². The number of anilines is 1. The highest BCUT2D eigenvalue weighted by molar-refractivity contribution is 9.10. The summed E-state index contributed by atoms with van der Waals surface area (Å²) in [5.74, 6) is 1.21. The van der Waals surface area contributed by atoms with Crippen LogP contribution in [0.15, 0.2) is 70.0 Å². The van der Waals surface area contributed by atoms with Crippen LogP contribution < -0.4 is 4.72 Å². The first-order valence-corrected chi connectivity index (χ1v) is 11.7. The lowest BCUT2D eigenvalue weighted by Crippen LogP contribution is -2.15. The van der Waals surface area contributed by atoms with Crippen LogP contribution in [0, 0.1) is 5.92 Å². The van der Waals surface area contributed by atoms with Gasteiger partial charge >= 0.3 is 0 Å². The number of aromatic nitrogens is 4. The molecule has 0 saturated carbocycles. The Morgan fingerprint density at radius 3 is 2.50 bits per heavy atom. The van der Waals surface area contributed by atoms with Crippen molar-refractivity contribution < 1.29 is 8.42 Å². The molecule has 0 unspecified atom stereocenters. The molecular formula is C21H20BrN5O2S. The Bertz CT molecular complexity index is 1300. The molecule has 0 amide bonds. The van der Waals surface area contributed by atoms with E-state index in [0.717, 1.165) is 22.0 Å². The van der Waals surface area contributed by atoms with Gasteiger partial charge in [0.15, 0.2) is 17.3 Å². The van der Waals surface area contributed by atoms with Crippen LogP contribution in [-0.2, 0) is 16.4 Å². The van der Waals surface area contributed by atoms with E-state index >= 15 is 0 Å². The van der Waals surface area contributed by atoms with E-state index in [0.29, 0.717) is 17.4 Å². The lowest BCUT2D eigenvalue weighted by atomic mass is 10.0. The van der Waals surface area contributed by atoms with Crippen molar-refractivity contribution in [2.75, 3.05) is 4.72 Å². The van der Waals surface area contributed by atoms with Crippen molar-refractivity contribution in [2.24, 2.45) is 5.92 Å². The maximum atomic E-state index is 12.8. The minimum Gasteiger partial charge on any atom is -0.262 e. The van der Waals surface area contributed by atoms with Gasteiger partial charge in [0, 0.05) is 10.0 Å². The lowest BCUT2D eigenvalue weighted by Gasteiger charge is -2.09. The highest BCUT2D eigenvalue weighted by Gasteiger charge is 2.17. The van der Waals surface area contributed by atoms with Crippen molar-refractivity contribution >= 4 is 37.4 Å². The fraction of sp³-hybridized carbons (Fsp3) is 0.190. The molecule has 0 spiro atoms. The van der Waals surface area contributed by atoms with Crippen molar-refractivity contribution in [3.8, 4) is 11.4 Å². The predicted octanol–water partition coefficient (Wildman–Crippen LogP) is 4.55. The zero-order chi connectivity index (χ0) is 21.3. The third-order valence-corrected chi connectivity index (χ3v) is 6.33. The smallest absolute Gasteiger partial charge is 0.262 e. The molecule has 0 aliphatic carbocycles. The van der Waals surface area contributed by atoms with Gasteiger partial charge in [-0.25, -0.2) is 8.42 Å². The molecule has 0 aliphatic heterocycles. The minimum absolute atomic E-state index is 0.185. The number of sulfonamides is 1. The summed E-state index contributed by atoms with van der Waals surface area (Å²) in [6.07, 6.45) is 0.901. The maximum absolute atomic E-state index is 12.8. The van der Waals surface area contributed by atoms with Gasteiger partial charge in [0.1, 0.15) is 0 Å². The van der Waals surface area contributed by atoms with E-state index in [1.807, 2.05) is 36.4 Å². The van der Waals surface area contributed by atoms with Crippen LogP contribution in [0.25, 0.3) is 17.0 Å². The Balaban J connectivity index is 1.64. The van der Waals surface area contributed by atoms with Crippen LogP contribution in [0.5, 0.6) is 0 Å². The second-order valence-corrected chi connectivity index (χ2v) is 9.97. The van der Waals surface area contributed by atoms with E-state index in [-0.39, 0.29) is 10.7 Å². The third kappa shape index (κ3) is 4.36. The van der Waals surface area contributed by atoms with Crippen LogP contribution in [0.1, 0.15) is 19.4 Å². The van der Waals surface area contributed by atoms with Crippen molar-refractivity contribution in [1.29, 1.82) is 0 Å². The topological polar surface area (TPSA) is 89.2 Å². The number of hydrogen-bond acceptors (Lipinski definition) is 5. The molecule has 7 nitrogen and oxygen atoms in total. The highest BCUT2D eigenvalue weighted by atomic mass is 79.9. The summed E-state index contributed by atoms with van der Waals surface area (Å²) in [5.41, 5.74) is 2.43. The summed E-state index contributed by atoms with van der Waals surface area (Å²) in [4.78, 5) is 0.188. The fourth-order valence-corrected chi connectivity index (χ4v) is 4.52. The van der Waals surface area contributed by atoms with Gasteiger partial charge in [0.2, 0.25) is 0 Å². The summed E-state index contributed by atoms with van der Waals surface area (Å²) in [6, 6.07) is 17.7. The van der Waals surface area contributed by atoms with E-state index in [4.69, 9.17) is 0 Å². The quantitative estimate of drug-likeness (QED) is 0.432. The Labute approximate surface area is 183 Å². The predicted molar refractivity (Wildman–Crippen MR) is 120 cm³/mol. The average molecular weight is 486 g/mol. The van der Waals surface area contributed by atoms with Crippen molar-refractivity contribution in [2.45, 2.75) is 25.2 Å². The minimum atomic E-state index is -3.77. The highest BCUT2D eigenvalue weighted by Crippen LogP contribution is 2.23. The lowest BCUT2D eigenvalue weighted by molar-refractivity contribution is 0.600. The second kappa shape index (κ2) is 8.16. The Morgan fingerprint density at radius 1 is 1.03 bits per heavy atom. The standard InChI is InChI=1S/C21H20BrN5O2S/c1-14(2)12-15-6-8-18(9-7-15)30(28,29)26-19-10-11-20-23-24-21(27(20)25-19)16-4-3-5-17(22)13-16/h3-11,13-14H,12H2,1-2H3,(H,25,26). The molecule has 0 fully saturated rings. The van der Waals surface area contributed by atoms with E-state index in [2.05, 4.69) is 49.8 Å². The van der Waals surface area contributed by atoms with Crippen molar-refractivity contribution in [3.05, 3.63) is 70.7 Å². The first kappa shape index (κ1) is 20.5. The molecule has 0 saturated heterocycles. The number of nitrogens with zero attached hydrogens (tertiary/aromatic N) is 4. The summed E-state index contributed by atoms with van der Waals surface area (Å²) in [7, 11) is -3.77. The second-order valence-electron chi connectivity index (χ2n) is 7.37. The molecule has 9 heteroatoms. The zero-order valence-corrected chi connectivity index (χ0v) is 18.9. The third-order valence-electron chi connectivity index (χ3n) is 4.46. The molecule has 0 radical (unpaired) electrons.